The van der Waals surface area contributed by atoms with E-state index in [4.69, 9.17) is 14.2 Å². The van der Waals surface area contributed by atoms with Gasteiger partial charge >= 0.3 is 0 Å². The first-order chi connectivity index (χ1) is 10.5. The van der Waals surface area contributed by atoms with Gasteiger partial charge in [-0.2, -0.15) is 0 Å². The third-order valence-electron chi connectivity index (χ3n) is 2.49. The average Bonchev–Trinajstić information content (AvgIpc) is 2.50. The Hall–Kier alpha value is -1.70. The summed E-state index contributed by atoms with van der Waals surface area (Å²) in [4.78, 5) is 21.8. The number of hydrogen-bond acceptors (Lipinski definition) is 5. The highest BCUT2D eigenvalue weighted by Crippen LogP contribution is 1.95. The Morgan fingerprint density at radius 3 is 2.14 bits per heavy atom. The lowest BCUT2D eigenvalue weighted by Crippen LogP contribution is -2.30. The molecule has 0 fully saturated rings. The van der Waals surface area contributed by atoms with Crippen LogP contribution in [0.5, 0.6) is 0 Å². The van der Waals surface area contributed by atoms with Gasteiger partial charge in [0.05, 0.1) is 32.0 Å². The van der Waals surface area contributed by atoms with Gasteiger partial charge in [0.1, 0.15) is 6.73 Å². The van der Waals surface area contributed by atoms with Crippen LogP contribution in [-0.4, -0.2) is 57.1 Å². The molecule has 0 saturated carbocycles. The van der Waals surface area contributed by atoms with E-state index in [1.807, 2.05) is 13.8 Å². The third kappa shape index (κ3) is 12.1. The van der Waals surface area contributed by atoms with Gasteiger partial charge in [-0.3, -0.25) is 9.59 Å². The molecule has 0 aromatic heterocycles. The SMILES string of the molecule is C=CC(=O)NCCOC(C)COCC(C)OCNC(=O)C=C. The van der Waals surface area contributed by atoms with E-state index >= 15 is 0 Å². The van der Waals surface area contributed by atoms with Crippen LogP contribution in [0.1, 0.15) is 13.8 Å². The summed E-state index contributed by atoms with van der Waals surface area (Å²) in [7, 11) is 0. The van der Waals surface area contributed by atoms with Crippen LogP contribution in [-0.2, 0) is 23.8 Å². The maximum atomic E-state index is 10.9. The molecule has 0 saturated heterocycles. The van der Waals surface area contributed by atoms with Crippen molar-refractivity contribution in [1.29, 1.82) is 0 Å². The Labute approximate surface area is 131 Å². The Morgan fingerprint density at radius 2 is 1.55 bits per heavy atom. The Morgan fingerprint density at radius 1 is 1.00 bits per heavy atom. The van der Waals surface area contributed by atoms with Gasteiger partial charge in [-0.05, 0) is 26.0 Å². The monoisotopic (exact) mass is 314 g/mol. The van der Waals surface area contributed by atoms with Crippen molar-refractivity contribution in [3.63, 3.8) is 0 Å². The van der Waals surface area contributed by atoms with Crippen LogP contribution >= 0.6 is 0 Å². The standard InChI is InChI=1S/C15H26N2O5/c1-5-14(18)16-7-8-21-12(3)9-20-10-13(4)22-11-17-15(19)6-2/h5-6,12-13H,1-2,7-11H2,3-4H3,(H,16,18)(H,17,19). The summed E-state index contributed by atoms with van der Waals surface area (Å²) in [5, 5.41) is 5.12. The smallest absolute Gasteiger partial charge is 0.245 e. The first-order valence-corrected chi connectivity index (χ1v) is 7.11. The molecule has 2 amide bonds. The molecule has 22 heavy (non-hydrogen) atoms. The number of hydrogen-bond donors (Lipinski definition) is 2. The predicted octanol–water partition coefficient (Wildman–Crippen LogP) is 0.375. The maximum Gasteiger partial charge on any atom is 0.245 e. The molecule has 0 aromatic rings. The minimum atomic E-state index is -0.279. The van der Waals surface area contributed by atoms with Gasteiger partial charge in [0, 0.05) is 6.54 Å². The Kier molecular flexibility index (Phi) is 12.0. The molecule has 0 rings (SSSR count). The molecular weight excluding hydrogens is 288 g/mol. The molecule has 0 heterocycles. The minimum Gasteiger partial charge on any atom is -0.376 e. The van der Waals surface area contributed by atoms with Crippen molar-refractivity contribution >= 4 is 11.8 Å². The van der Waals surface area contributed by atoms with Gasteiger partial charge < -0.3 is 24.8 Å². The largest absolute Gasteiger partial charge is 0.376 e. The van der Waals surface area contributed by atoms with Crippen molar-refractivity contribution in [3.8, 4) is 0 Å². The van der Waals surface area contributed by atoms with Gasteiger partial charge in [0.15, 0.2) is 0 Å². The summed E-state index contributed by atoms with van der Waals surface area (Å²) < 4.78 is 16.2. The van der Waals surface area contributed by atoms with E-state index in [2.05, 4.69) is 23.8 Å². The lowest BCUT2D eigenvalue weighted by atomic mass is 10.4. The van der Waals surface area contributed by atoms with Gasteiger partial charge in [-0.25, -0.2) is 0 Å². The Bertz CT molecular complexity index is 360. The zero-order chi connectivity index (χ0) is 16.8. The fraction of sp³-hybridized carbons (Fsp3) is 0.600. The first-order valence-electron chi connectivity index (χ1n) is 7.11. The van der Waals surface area contributed by atoms with Crippen molar-refractivity contribution < 1.29 is 23.8 Å². The fourth-order valence-electron chi connectivity index (χ4n) is 1.33. The van der Waals surface area contributed by atoms with Crippen LogP contribution in [0, 0.1) is 0 Å². The molecule has 0 radical (unpaired) electrons. The number of nitrogens with one attached hydrogen (secondary N) is 2. The summed E-state index contributed by atoms with van der Waals surface area (Å²) in [6.07, 6.45) is 2.16. The molecule has 0 aliphatic heterocycles. The van der Waals surface area contributed by atoms with Crippen molar-refractivity contribution in [2.24, 2.45) is 0 Å². The molecule has 7 heteroatoms. The van der Waals surface area contributed by atoms with E-state index in [-0.39, 0.29) is 30.8 Å². The molecule has 0 aromatic carbocycles. The summed E-state index contributed by atoms with van der Waals surface area (Å²) in [5.74, 6) is -0.499. The van der Waals surface area contributed by atoms with E-state index in [1.165, 1.54) is 12.2 Å². The zero-order valence-corrected chi connectivity index (χ0v) is 13.3. The molecule has 2 N–H and O–H groups in total. The highest BCUT2D eigenvalue weighted by Gasteiger charge is 2.06. The van der Waals surface area contributed by atoms with Gasteiger partial charge in [0.25, 0.3) is 0 Å². The first kappa shape index (κ1) is 20.3. The van der Waals surface area contributed by atoms with Crippen LogP contribution in [0.25, 0.3) is 0 Å². The van der Waals surface area contributed by atoms with E-state index < -0.39 is 0 Å². The van der Waals surface area contributed by atoms with Crippen LogP contribution in [0.2, 0.25) is 0 Å². The zero-order valence-electron chi connectivity index (χ0n) is 13.3. The minimum absolute atomic E-state index is 0.0895. The lowest BCUT2D eigenvalue weighted by molar-refractivity contribution is -0.119. The summed E-state index contributed by atoms with van der Waals surface area (Å²) in [5.41, 5.74) is 0. The molecule has 2 unspecified atom stereocenters. The van der Waals surface area contributed by atoms with Crippen molar-refractivity contribution in [3.05, 3.63) is 25.3 Å². The molecule has 0 aliphatic carbocycles. The van der Waals surface area contributed by atoms with Crippen molar-refractivity contribution in [1.82, 2.24) is 10.6 Å². The topological polar surface area (TPSA) is 85.9 Å². The summed E-state index contributed by atoms with van der Waals surface area (Å²) in [6.45, 7) is 12.2. The molecule has 7 nitrogen and oxygen atoms in total. The molecule has 2 atom stereocenters. The molecular formula is C15H26N2O5. The Balaban J connectivity index is 3.51. The van der Waals surface area contributed by atoms with Crippen molar-refractivity contribution in [2.75, 3.05) is 33.1 Å². The maximum absolute atomic E-state index is 10.9. The molecule has 0 aliphatic rings. The van der Waals surface area contributed by atoms with Crippen LogP contribution in [0.4, 0.5) is 0 Å². The molecule has 0 bridgehead atoms. The number of ether oxygens (including phenoxy) is 3. The van der Waals surface area contributed by atoms with E-state index in [0.29, 0.717) is 26.4 Å². The second-order valence-corrected chi connectivity index (χ2v) is 4.58. The second kappa shape index (κ2) is 13.0. The average molecular weight is 314 g/mol. The quantitative estimate of drug-likeness (QED) is 0.291. The van der Waals surface area contributed by atoms with Crippen LogP contribution in [0.3, 0.4) is 0 Å². The van der Waals surface area contributed by atoms with Gasteiger partial charge in [0.2, 0.25) is 11.8 Å². The van der Waals surface area contributed by atoms with E-state index in [9.17, 15) is 9.59 Å². The van der Waals surface area contributed by atoms with E-state index in [1.54, 1.807) is 0 Å². The van der Waals surface area contributed by atoms with Crippen molar-refractivity contribution in [2.45, 2.75) is 26.1 Å². The van der Waals surface area contributed by atoms with E-state index in [0.717, 1.165) is 0 Å². The number of rotatable bonds is 13. The highest BCUT2D eigenvalue weighted by molar-refractivity contribution is 5.87. The second-order valence-electron chi connectivity index (χ2n) is 4.58. The predicted molar refractivity (Wildman–Crippen MR) is 83.2 cm³/mol. The number of carbonyl (C=O) groups is 2. The summed E-state index contributed by atoms with van der Waals surface area (Å²) >= 11 is 0. The number of carbonyl (C=O) groups excluding carboxylic acids is 2. The van der Waals surface area contributed by atoms with Gasteiger partial charge in [-0.1, -0.05) is 13.2 Å². The van der Waals surface area contributed by atoms with Crippen LogP contribution < -0.4 is 10.6 Å². The lowest BCUT2D eigenvalue weighted by Gasteiger charge is -2.17. The molecule has 126 valence electrons. The number of amides is 2. The normalized spacial score (nSPS) is 13.0. The molecule has 0 spiro atoms. The van der Waals surface area contributed by atoms with Gasteiger partial charge in [-0.15, -0.1) is 0 Å². The third-order valence-corrected chi connectivity index (χ3v) is 2.49. The highest BCUT2D eigenvalue weighted by atomic mass is 16.6. The van der Waals surface area contributed by atoms with Crippen LogP contribution in [0.15, 0.2) is 25.3 Å². The summed E-state index contributed by atoms with van der Waals surface area (Å²) in [6, 6.07) is 0. The fourth-order valence-corrected chi connectivity index (χ4v) is 1.33.